The summed E-state index contributed by atoms with van der Waals surface area (Å²) in [5, 5.41) is 0. The Morgan fingerprint density at radius 3 is 2.53 bits per heavy atom. The number of carbonyl (C=O) groups is 2. The van der Waals surface area contributed by atoms with E-state index in [0.29, 0.717) is 17.9 Å². The van der Waals surface area contributed by atoms with Crippen LogP contribution in [0.4, 0.5) is 18.9 Å². The topological polar surface area (TPSA) is 55.8 Å². The van der Waals surface area contributed by atoms with Crippen molar-refractivity contribution in [2.24, 2.45) is 0 Å². The molecule has 0 N–H and O–H groups in total. The second-order valence-electron chi connectivity index (χ2n) is 6.97. The minimum atomic E-state index is -4.54. The van der Waals surface area contributed by atoms with Gasteiger partial charge in [0.2, 0.25) is 5.91 Å². The fourth-order valence-electron chi connectivity index (χ4n) is 3.82. The van der Waals surface area contributed by atoms with E-state index in [2.05, 4.69) is 0 Å². The molecular weight excluding hydrogens is 399 g/mol. The number of rotatable bonds is 4. The van der Waals surface area contributed by atoms with E-state index >= 15 is 0 Å². The Kier molecular flexibility index (Phi) is 5.01. The maximum absolute atomic E-state index is 13.1. The van der Waals surface area contributed by atoms with Crippen LogP contribution < -0.4 is 9.64 Å². The van der Waals surface area contributed by atoms with E-state index in [9.17, 15) is 22.8 Å². The number of alkyl halides is 3. The average molecular weight is 417 g/mol. The summed E-state index contributed by atoms with van der Waals surface area (Å²) in [6, 6.07) is 11.6. The van der Waals surface area contributed by atoms with Crippen molar-refractivity contribution >= 4 is 17.6 Å². The summed E-state index contributed by atoms with van der Waals surface area (Å²) in [5.41, 5.74) is 0.520. The zero-order chi connectivity index (χ0) is 21.5. The van der Waals surface area contributed by atoms with Crippen molar-refractivity contribution in [3.05, 3.63) is 70.9 Å². The van der Waals surface area contributed by atoms with Gasteiger partial charge in [-0.15, -0.1) is 0 Å². The quantitative estimate of drug-likeness (QED) is 0.691. The van der Waals surface area contributed by atoms with Crippen LogP contribution in [-0.4, -0.2) is 25.1 Å². The van der Waals surface area contributed by atoms with Gasteiger partial charge in [0.25, 0.3) is 0 Å². The minimum Gasteiger partial charge on any atom is -0.494 e. The largest absolute Gasteiger partial charge is 0.494 e. The molecule has 30 heavy (non-hydrogen) atoms. The second kappa shape index (κ2) is 7.51. The van der Waals surface area contributed by atoms with Crippen LogP contribution in [0, 0.1) is 0 Å². The van der Waals surface area contributed by atoms with Gasteiger partial charge in [-0.05, 0) is 42.8 Å². The first-order valence-electron chi connectivity index (χ1n) is 9.42. The number of hydrogen-bond acceptors (Lipinski definition) is 4. The van der Waals surface area contributed by atoms with Crippen molar-refractivity contribution in [3.63, 3.8) is 0 Å². The summed E-state index contributed by atoms with van der Waals surface area (Å²) in [6.45, 7) is 2.21. The zero-order valence-electron chi connectivity index (χ0n) is 16.0. The smallest absolute Gasteiger partial charge is 0.416 e. The lowest BCUT2D eigenvalue weighted by atomic mass is 9.84. The average Bonchev–Trinajstić information content (AvgIpc) is 3.09. The van der Waals surface area contributed by atoms with Crippen LogP contribution >= 0.6 is 0 Å². The third-order valence-electron chi connectivity index (χ3n) is 5.14. The SMILES string of the molecule is CCOc1ccc([C@@H]2CC(=O)N(c3cccc(C(F)(F)F)c3)C3=C2C(=O)OC3)cc1. The molecule has 0 spiro atoms. The Morgan fingerprint density at radius 2 is 1.87 bits per heavy atom. The van der Waals surface area contributed by atoms with Crippen LogP contribution in [0.1, 0.15) is 30.4 Å². The van der Waals surface area contributed by atoms with Gasteiger partial charge < -0.3 is 9.47 Å². The molecule has 0 saturated heterocycles. The number of esters is 1. The van der Waals surface area contributed by atoms with Crippen molar-refractivity contribution < 1.29 is 32.2 Å². The van der Waals surface area contributed by atoms with Gasteiger partial charge >= 0.3 is 12.1 Å². The van der Waals surface area contributed by atoms with Crippen molar-refractivity contribution in [1.82, 2.24) is 0 Å². The fraction of sp³-hybridized carbons (Fsp3) is 0.273. The first kappa shape index (κ1) is 20.0. The van der Waals surface area contributed by atoms with Crippen LogP contribution in [0.2, 0.25) is 0 Å². The van der Waals surface area contributed by atoms with Gasteiger partial charge in [-0.25, -0.2) is 4.79 Å². The lowest BCUT2D eigenvalue weighted by Crippen LogP contribution is -2.37. The van der Waals surface area contributed by atoms with Crippen molar-refractivity contribution in [2.75, 3.05) is 18.1 Å². The number of nitrogens with zero attached hydrogens (tertiary/aromatic N) is 1. The van der Waals surface area contributed by atoms with Gasteiger partial charge in [0, 0.05) is 18.0 Å². The Labute approximate surface area is 170 Å². The van der Waals surface area contributed by atoms with Gasteiger partial charge in [-0.1, -0.05) is 18.2 Å². The molecule has 2 aromatic rings. The molecule has 0 unspecified atom stereocenters. The highest BCUT2D eigenvalue weighted by Gasteiger charge is 2.43. The molecule has 2 aliphatic rings. The highest BCUT2D eigenvalue weighted by Crippen LogP contribution is 2.43. The van der Waals surface area contributed by atoms with Gasteiger partial charge in [0.1, 0.15) is 12.4 Å². The van der Waals surface area contributed by atoms with Gasteiger partial charge in [0.15, 0.2) is 0 Å². The Hall–Kier alpha value is -3.29. The molecule has 0 radical (unpaired) electrons. The number of anilines is 1. The number of ether oxygens (including phenoxy) is 2. The molecule has 0 saturated carbocycles. The van der Waals surface area contributed by atoms with Crippen molar-refractivity contribution in [1.29, 1.82) is 0 Å². The lowest BCUT2D eigenvalue weighted by molar-refractivity contribution is -0.138. The maximum atomic E-state index is 13.1. The predicted molar refractivity (Wildman–Crippen MR) is 102 cm³/mol. The van der Waals surface area contributed by atoms with Crippen molar-refractivity contribution in [2.45, 2.75) is 25.4 Å². The molecule has 5 nitrogen and oxygen atoms in total. The van der Waals surface area contributed by atoms with E-state index in [1.54, 1.807) is 24.3 Å². The van der Waals surface area contributed by atoms with Crippen LogP contribution in [0.5, 0.6) is 5.75 Å². The number of cyclic esters (lactones) is 1. The van der Waals surface area contributed by atoms with E-state index in [4.69, 9.17) is 9.47 Å². The number of benzene rings is 2. The zero-order valence-corrected chi connectivity index (χ0v) is 16.0. The Bertz CT molecular complexity index is 1030. The standard InChI is InChI=1S/C22H18F3NO4/c1-2-29-16-8-6-13(7-9-16)17-11-19(27)26(18-12-30-21(28)20(17)18)15-5-3-4-14(10-15)22(23,24)25/h3-10,17H,2,11-12H2,1H3/t17-/m0/s1. The lowest BCUT2D eigenvalue weighted by Gasteiger charge is -2.32. The van der Waals surface area contributed by atoms with Crippen LogP contribution in [-0.2, 0) is 20.5 Å². The predicted octanol–water partition coefficient (Wildman–Crippen LogP) is 4.44. The monoisotopic (exact) mass is 417 g/mol. The third-order valence-corrected chi connectivity index (χ3v) is 5.14. The molecular formula is C22H18F3NO4. The number of carbonyl (C=O) groups excluding carboxylic acids is 2. The van der Waals surface area contributed by atoms with E-state index in [-0.39, 0.29) is 24.4 Å². The maximum Gasteiger partial charge on any atom is 0.416 e. The van der Waals surface area contributed by atoms with E-state index in [1.165, 1.54) is 17.0 Å². The normalized spacial score (nSPS) is 19.1. The van der Waals surface area contributed by atoms with Gasteiger partial charge in [0.05, 0.1) is 23.4 Å². The molecule has 1 amide bonds. The first-order valence-corrected chi connectivity index (χ1v) is 9.42. The first-order chi connectivity index (χ1) is 14.3. The molecule has 2 aromatic carbocycles. The van der Waals surface area contributed by atoms with E-state index < -0.39 is 29.5 Å². The second-order valence-corrected chi connectivity index (χ2v) is 6.97. The number of amides is 1. The summed E-state index contributed by atoms with van der Waals surface area (Å²) < 4.78 is 50.0. The summed E-state index contributed by atoms with van der Waals surface area (Å²) in [6.07, 6.45) is -4.60. The number of hydrogen-bond donors (Lipinski definition) is 0. The molecule has 2 aliphatic heterocycles. The molecule has 1 atom stereocenters. The molecule has 0 aromatic heterocycles. The van der Waals surface area contributed by atoms with E-state index in [0.717, 1.165) is 17.7 Å². The molecule has 8 heteroatoms. The molecule has 0 fully saturated rings. The van der Waals surface area contributed by atoms with Crippen LogP contribution in [0.3, 0.4) is 0 Å². The van der Waals surface area contributed by atoms with Crippen molar-refractivity contribution in [3.8, 4) is 5.75 Å². The Morgan fingerprint density at radius 1 is 1.13 bits per heavy atom. The molecule has 156 valence electrons. The Balaban J connectivity index is 1.75. The van der Waals surface area contributed by atoms with Crippen LogP contribution in [0.25, 0.3) is 0 Å². The van der Waals surface area contributed by atoms with Crippen LogP contribution in [0.15, 0.2) is 59.8 Å². The summed E-state index contributed by atoms with van der Waals surface area (Å²) in [4.78, 5) is 26.6. The fourth-order valence-corrected chi connectivity index (χ4v) is 3.82. The third kappa shape index (κ3) is 3.53. The van der Waals surface area contributed by atoms with E-state index in [1.807, 2.05) is 6.92 Å². The van der Waals surface area contributed by atoms with Gasteiger partial charge in [-0.3, -0.25) is 9.69 Å². The molecule has 0 aliphatic carbocycles. The number of halogens is 3. The summed E-state index contributed by atoms with van der Waals surface area (Å²) in [7, 11) is 0. The molecule has 2 heterocycles. The molecule has 0 bridgehead atoms. The summed E-state index contributed by atoms with van der Waals surface area (Å²) >= 11 is 0. The molecule has 4 rings (SSSR count). The highest BCUT2D eigenvalue weighted by molar-refractivity contribution is 6.06. The summed E-state index contributed by atoms with van der Waals surface area (Å²) in [5.74, 6) is -0.823. The highest BCUT2D eigenvalue weighted by atomic mass is 19.4. The minimum absolute atomic E-state index is 0.0574. The van der Waals surface area contributed by atoms with Gasteiger partial charge in [-0.2, -0.15) is 13.2 Å².